The third-order valence-corrected chi connectivity index (χ3v) is 3.27. The molecule has 1 aromatic carbocycles. The summed E-state index contributed by atoms with van der Waals surface area (Å²) in [4.78, 5) is 14.1. The summed E-state index contributed by atoms with van der Waals surface area (Å²) in [5, 5.41) is 6.02. The summed E-state index contributed by atoms with van der Waals surface area (Å²) in [5.41, 5.74) is 3.61. The van der Waals surface area contributed by atoms with Crippen molar-refractivity contribution in [2.24, 2.45) is 0 Å². The summed E-state index contributed by atoms with van der Waals surface area (Å²) < 4.78 is 0. The van der Waals surface area contributed by atoms with Crippen molar-refractivity contribution >= 4 is 11.6 Å². The number of aryl methyl sites for hydroxylation is 2. The van der Waals surface area contributed by atoms with E-state index in [1.807, 2.05) is 7.05 Å². The van der Waals surface area contributed by atoms with E-state index in [1.54, 1.807) is 0 Å². The zero-order valence-electron chi connectivity index (χ0n) is 11.3. The van der Waals surface area contributed by atoms with Crippen molar-refractivity contribution in [2.45, 2.75) is 19.9 Å². The number of rotatable bonds is 3. The van der Waals surface area contributed by atoms with Gasteiger partial charge in [-0.1, -0.05) is 6.07 Å². The van der Waals surface area contributed by atoms with Gasteiger partial charge in [0.25, 0.3) is 0 Å². The molecule has 0 spiro atoms. The molecule has 1 saturated heterocycles. The minimum atomic E-state index is -0.120. The topological polar surface area (TPSA) is 44.4 Å². The number of benzene rings is 1. The first-order chi connectivity index (χ1) is 8.61. The quantitative estimate of drug-likeness (QED) is 0.831. The Balaban J connectivity index is 2.30. The lowest BCUT2D eigenvalue weighted by molar-refractivity contribution is -0.123. The molecule has 0 bridgehead atoms. The minimum Gasteiger partial charge on any atom is -0.357 e. The first-order valence-electron chi connectivity index (χ1n) is 6.39. The normalized spacial score (nSPS) is 19.8. The van der Waals surface area contributed by atoms with Gasteiger partial charge in [-0.25, -0.2) is 0 Å². The number of hydrogen-bond acceptors (Lipinski definition) is 3. The zero-order valence-corrected chi connectivity index (χ0v) is 11.3. The summed E-state index contributed by atoms with van der Waals surface area (Å²) >= 11 is 0. The third-order valence-electron chi connectivity index (χ3n) is 3.27. The number of anilines is 1. The van der Waals surface area contributed by atoms with Crippen molar-refractivity contribution < 1.29 is 4.79 Å². The molecule has 1 atom stereocenters. The fourth-order valence-electron chi connectivity index (χ4n) is 2.54. The Morgan fingerprint density at radius 1 is 1.33 bits per heavy atom. The Kier molecular flexibility index (Phi) is 3.87. The van der Waals surface area contributed by atoms with E-state index in [-0.39, 0.29) is 11.9 Å². The predicted octanol–water partition coefficient (Wildman–Crippen LogP) is 0.828. The highest BCUT2D eigenvalue weighted by molar-refractivity contribution is 5.87. The molecule has 0 radical (unpaired) electrons. The van der Waals surface area contributed by atoms with Gasteiger partial charge in [0.1, 0.15) is 6.04 Å². The largest absolute Gasteiger partial charge is 0.357 e. The van der Waals surface area contributed by atoms with Crippen LogP contribution in [0, 0.1) is 13.8 Å². The summed E-state index contributed by atoms with van der Waals surface area (Å²) in [6, 6.07) is 6.33. The van der Waals surface area contributed by atoms with Gasteiger partial charge in [-0.15, -0.1) is 0 Å². The van der Waals surface area contributed by atoms with Crippen LogP contribution < -0.4 is 15.5 Å². The number of piperazine rings is 1. The second-order valence-corrected chi connectivity index (χ2v) is 4.90. The van der Waals surface area contributed by atoms with Gasteiger partial charge in [-0.05, 0) is 44.2 Å². The highest BCUT2D eigenvalue weighted by Crippen LogP contribution is 2.22. The molecule has 0 aliphatic carbocycles. The van der Waals surface area contributed by atoms with Gasteiger partial charge in [0, 0.05) is 25.3 Å². The maximum Gasteiger partial charge on any atom is 0.244 e. The van der Waals surface area contributed by atoms with Crippen molar-refractivity contribution in [3.8, 4) is 0 Å². The van der Waals surface area contributed by atoms with Gasteiger partial charge in [0.15, 0.2) is 0 Å². The average Bonchev–Trinajstić information content (AvgIpc) is 2.30. The predicted molar refractivity (Wildman–Crippen MR) is 74.0 cm³/mol. The molecule has 2 N–H and O–H groups in total. The van der Waals surface area contributed by atoms with Gasteiger partial charge in [-0.2, -0.15) is 0 Å². The van der Waals surface area contributed by atoms with Crippen molar-refractivity contribution in [1.29, 1.82) is 0 Å². The molecule has 1 aromatic rings. The lowest BCUT2D eigenvalue weighted by Gasteiger charge is -2.37. The minimum absolute atomic E-state index is 0.106. The van der Waals surface area contributed by atoms with Crippen LogP contribution in [0.25, 0.3) is 0 Å². The molecule has 98 valence electrons. The van der Waals surface area contributed by atoms with Crippen LogP contribution in [0.1, 0.15) is 11.1 Å². The van der Waals surface area contributed by atoms with Crippen molar-refractivity contribution in [1.82, 2.24) is 10.6 Å². The van der Waals surface area contributed by atoms with Gasteiger partial charge in [-0.3, -0.25) is 4.79 Å². The molecule has 4 heteroatoms. The number of carbonyl (C=O) groups excluding carboxylic acids is 1. The SMILES string of the molecule is CNCC1C(=O)NCCN1c1cc(C)cc(C)c1. The summed E-state index contributed by atoms with van der Waals surface area (Å²) in [5.74, 6) is 0.106. The fourth-order valence-corrected chi connectivity index (χ4v) is 2.54. The first kappa shape index (κ1) is 12.9. The average molecular weight is 247 g/mol. The highest BCUT2D eigenvalue weighted by atomic mass is 16.2. The Hall–Kier alpha value is -1.55. The Morgan fingerprint density at radius 2 is 2.00 bits per heavy atom. The van der Waals surface area contributed by atoms with E-state index in [2.05, 4.69) is 47.6 Å². The van der Waals surface area contributed by atoms with Crippen molar-refractivity contribution in [3.63, 3.8) is 0 Å². The third kappa shape index (κ3) is 2.64. The molecule has 1 aliphatic heterocycles. The van der Waals surface area contributed by atoms with Crippen LogP contribution in [0.5, 0.6) is 0 Å². The summed E-state index contributed by atoms with van der Waals surface area (Å²) in [7, 11) is 1.88. The molecule has 2 rings (SSSR count). The van der Waals surface area contributed by atoms with Crippen molar-refractivity contribution in [2.75, 3.05) is 31.6 Å². The van der Waals surface area contributed by atoms with Gasteiger partial charge < -0.3 is 15.5 Å². The molecule has 1 unspecified atom stereocenters. The monoisotopic (exact) mass is 247 g/mol. The fraction of sp³-hybridized carbons (Fsp3) is 0.500. The number of nitrogens with zero attached hydrogens (tertiary/aromatic N) is 1. The number of amides is 1. The number of carbonyl (C=O) groups is 1. The number of hydrogen-bond donors (Lipinski definition) is 2. The lowest BCUT2D eigenvalue weighted by Crippen LogP contribution is -2.58. The number of likely N-dealkylation sites (N-methyl/N-ethyl adjacent to an activating group) is 1. The molecular formula is C14H21N3O. The maximum absolute atomic E-state index is 11.9. The molecular weight excluding hydrogens is 226 g/mol. The first-order valence-corrected chi connectivity index (χ1v) is 6.39. The van der Waals surface area contributed by atoms with E-state index in [4.69, 9.17) is 0 Å². The van der Waals surface area contributed by atoms with Crippen LogP contribution in [-0.2, 0) is 4.79 Å². The summed E-state index contributed by atoms with van der Waals surface area (Å²) in [6.07, 6.45) is 0. The van der Waals surface area contributed by atoms with Gasteiger partial charge in [0.05, 0.1) is 0 Å². The molecule has 1 aliphatic rings. The second kappa shape index (κ2) is 5.40. The molecule has 1 fully saturated rings. The van der Waals surface area contributed by atoms with E-state index in [1.165, 1.54) is 11.1 Å². The van der Waals surface area contributed by atoms with Crippen LogP contribution in [0.4, 0.5) is 5.69 Å². The maximum atomic E-state index is 11.9. The Morgan fingerprint density at radius 3 is 2.61 bits per heavy atom. The molecule has 1 amide bonds. The van der Waals surface area contributed by atoms with E-state index >= 15 is 0 Å². The van der Waals surface area contributed by atoms with E-state index in [9.17, 15) is 4.79 Å². The Bertz CT molecular complexity index is 424. The van der Waals surface area contributed by atoms with Gasteiger partial charge >= 0.3 is 0 Å². The van der Waals surface area contributed by atoms with E-state index in [0.29, 0.717) is 13.1 Å². The van der Waals surface area contributed by atoms with E-state index < -0.39 is 0 Å². The van der Waals surface area contributed by atoms with Gasteiger partial charge in [0.2, 0.25) is 5.91 Å². The molecule has 1 heterocycles. The smallest absolute Gasteiger partial charge is 0.244 e. The zero-order chi connectivity index (χ0) is 13.1. The second-order valence-electron chi connectivity index (χ2n) is 4.90. The van der Waals surface area contributed by atoms with Crippen molar-refractivity contribution in [3.05, 3.63) is 29.3 Å². The van der Waals surface area contributed by atoms with Crippen LogP contribution >= 0.6 is 0 Å². The summed E-state index contributed by atoms with van der Waals surface area (Å²) in [6.45, 7) is 6.42. The molecule has 18 heavy (non-hydrogen) atoms. The molecule has 4 nitrogen and oxygen atoms in total. The Labute approximate surface area is 108 Å². The van der Waals surface area contributed by atoms with Crippen LogP contribution in [0.15, 0.2) is 18.2 Å². The lowest BCUT2D eigenvalue weighted by atomic mass is 10.1. The highest BCUT2D eigenvalue weighted by Gasteiger charge is 2.29. The van der Waals surface area contributed by atoms with Crippen LogP contribution in [0.3, 0.4) is 0 Å². The molecule has 0 aromatic heterocycles. The van der Waals surface area contributed by atoms with Crippen LogP contribution in [-0.4, -0.2) is 38.6 Å². The number of nitrogens with one attached hydrogen (secondary N) is 2. The van der Waals surface area contributed by atoms with Crippen LogP contribution in [0.2, 0.25) is 0 Å². The molecule has 0 saturated carbocycles. The van der Waals surface area contributed by atoms with E-state index in [0.717, 1.165) is 12.2 Å². The standard InChI is InChI=1S/C14H21N3O/c1-10-6-11(2)8-12(7-10)17-5-4-16-14(18)13(17)9-15-3/h6-8,13,15H,4-5,9H2,1-3H3,(H,16,18).